The topological polar surface area (TPSA) is 68.8 Å². The Kier molecular flexibility index (Phi) is 11.0. The zero-order valence-corrected chi connectivity index (χ0v) is 15.0. The van der Waals surface area contributed by atoms with Gasteiger partial charge in [-0.05, 0) is 26.4 Å². The number of benzene rings is 1. The number of hydrogen-bond acceptors (Lipinski definition) is 5. The molecule has 0 aliphatic heterocycles. The van der Waals surface area contributed by atoms with Crippen LogP contribution >= 0.6 is 12.4 Å². The molecule has 0 saturated carbocycles. The summed E-state index contributed by atoms with van der Waals surface area (Å²) < 4.78 is 16.0. The Morgan fingerprint density at radius 1 is 1.04 bits per heavy atom. The molecule has 1 amide bonds. The maximum Gasteiger partial charge on any atom is 0.220 e. The van der Waals surface area contributed by atoms with Crippen molar-refractivity contribution in [2.24, 2.45) is 0 Å². The second kappa shape index (κ2) is 11.8. The van der Waals surface area contributed by atoms with Crippen molar-refractivity contribution in [2.45, 2.75) is 19.3 Å². The summed E-state index contributed by atoms with van der Waals surface area (Å²) in [4.78, 5) is 11.7. The molecule has 0 atom stereocenters. The van der Waals surface area contributed by atoms with E-state index in [4.69, 9.17) is 14.2 Å². The van der Waals surface area contributed by atoms with Crippen molar-refractivity contribution in [3.8, 4) is 17.2 Å². The van der Waals surface area contributed by atoms with Crippen LogP contribution in [0.25, 0.3) is 0 Å². The van der Waals surface area contributed by atoms with Crippen molar-refractivity contribution in [1.29, 1.82) is 0 Å². The van der Waals surface area contributed by atoms with Crippen LogP contribution in [-0.4, -0.2) is 47.4 Å². The Bertz CT molecular complexity index is 458. The van der Waals surface area contributed by atoms with E-state index in [0.29, 0.717) is 36.6 Å². The highest BCUT2D eigenvalue weighted by Crippen LogP contribution is 2.34. The molecule has 1 aromatic carbocycles. The maximum absolute atomic E-state index is 11.7. The largest absolute Gasteiger partial charge is 0.496 e. The number of carbonyl (C=O) groups is 1. The summed E-state index contributed by atoms with van der Waals surface area (Å²) in [6.07, 6.45) is 1.99. The first kappa shape index (κ1) is 21.3. The van der Waals surface area contributed by atoms with Crippen molar-refractivity contribution in [2.75, 3.05) is 41.5 Å². The zero-order chi connectivity index (χ0) is 16.4. The van der Waals surface area contributed by atoms with Crippen molar-refractivity contribution in [3.63, 3.8) is 0 Å². The van der Waals surface area contributed by atoms with Gasteiger partial charge in [0.25, 0.3) is 0 Å². The molecule has 0 aliphatic carbocycles. The summed E-state index contributed by atoms with van der Waals surface area (Å²) in [6, 6.07) is 3.62. The molecule has 1 rings (SSSR count). The number of halogens is 1. The Morgan fingerprint density at radius 3 is 2.13 bits per heavy atom. The molecule has 0 bridgehead atoms. The van der Waals surface area contributed by atoms with Gasteiger partial charge in [0.2, 0.25) is 5.91 Å². The van der Waals surface area contributed by atoms with E-state index in [1.807, 2.05) is 19.2 Å². The first-order chi connectivity index (χ1) is 10.7. The third-order valence-corrected chi connectivity index (χ3v) is 3.34. The van der Waals surface area contributed by atoms with Crippen LogP contribution in [0.5, 0.6) is 17.2 Å². The SMILES string of the molecule is CNCCCC(=O)NCCc1c(OC)cc(OC)cc1OC.Cl. The zero-order valence-electron chi connectivity index (χ0n) is 14.2. The minimum Gasteiger partial charge on any atom is -0.496 e. The van der Waals surface area contributed by atoms with Gasteiger partial charge in [0.1, 0.15) is 17.2 Å². The molecular weight excluding hydrogens is 320 g/mol. The van der Waals surface area contributed by atoms with Gasteiger partial charge < -0.3 is 24.8 Å². The highest BCUT2D eigenvalue weighted by atomic mass is 35.5. The minimum atomic E-state index is 0. The van der Waals surface area contributed by atoms with E-state index in [9.17, 15) is 4.79 Å². The Labute approximate surface area is 144 Å². The fraction of sp³-hybridized carbons (Fsp3) is 0.562. The Morgan fingerprint density at radius 2 is 1.65 bits per heavy atom. The van der Waals surface area contributed by atoms with Crippen LogP contribution in [0.1, 0.15) is 18.4 Å². The number of methoxy groups -OCH3 is 3. The predicted octanol–water partition coefficient (Wildman–Crippen LogP) is 1.79. The average molecular weight is 347 g/mol. The molecule has 0 fully saturated rings. The van der Waals surface area contributed by atoms with Gasteiger partial charge >= 0.3 is 0 Å². The lowest BCUT2D eigenvalue weighted by Crippen LogP contribution is -2.26. The third kappa shape index (κ3) is 6.97. The van der Waals surface area contributed by atoms with Crippen LogP contribution in [0.2, 0.25) is 0 Å². The summed E-state index contributed by atoms with van der Waals surface area (Å²) in [5.41, 5.74) is 0.918. The molecule has 0 spiro atoms. The molecule has 0 radical (unpaired) electrons. The molecule has 0 aromatic heterocycles. The average Bonchev–Trinajstić information content (AvgIpc) is 2.54. The van der Waals surface area contributed by atoms with E-state index in [1.165, 1.54) is 0 Å². The molecule has 2 N–H and O–H groups in total. The van der Waals surface area contributed by atoms with Gasteiger partial charge in [0, 0.05) is 30.7 Å². The van der Waals surface area contributed by atoms with Crippen LogP contribution in [0, 0.1) is 0 Å². The lowest BCUT2D eigenvalue weighted by atomic mass is 10.1. The molecule has 132 valence electrons. The number of carbonyl (C=O) groups excluding carboxylic acids is 1. The summed E-state index contributed by atoms with van der Waals surface area (Å²) in [7, 11) is 6.68. The van der Waals surface area contributed by atoms with Gasteiger partial charge in [-0.1, -0.05) is 0 Å². The first-order valence-corrected chi connectivity index (χ1v) is 7.36. The Hall–Kier alpha value is -1.66. The van der Waals surface area contributed by atoms with Gasteiger partial charge in [0.15, 0.2) is 0 Å². The van der Waals surface area contributed by atoms with Gasteiger partial charge in [-0.3, -0.25) is 4.79 Å². The third-order valence-electron chi connectivity index (χ3n) is 3.34. The maximum atomic E-state index is 11.7. The number of hydrogen-bond donors (Lipinski definition) is 2. The Balaban J connectivity index is 0.00000484. The fourth-order valence-electron chi connectivity index (χ4n) is 2.17. The molecule has 0 unspecified atom stereocenters. The second-order valence-corrected chi connectivity index (χ2v) is 4.82. The summed E-state index contributed by atoms with van der Waals surface area (Å²) in [6.45, 7) is 1.38. The van der Waals surface area contributed by atoms with E-state index >= 15 is 0 Å². The molecule has 7 heteroatoms. The number of rotatable bonds is 10. The van der Waals surface area contributed by atoms with Crippen LogP contribution in [0.4, 0.5) is 0 Å². The number of nitrogens with one attached hydrogen (secondary N) is 2. The van der Waals surface area contributed by atoms with Gasteiger partial charge in [0.05, 0.1) is 21.3 Å². The van der Waals surface area contributed by atoms with E-state index in [0.717, 1.165) is 18.5 Å². The molecule has 23 heavy (non-hydrogen) atoms. The molecule has 6 nitrogen and oxygen atoms in total. The standard InChI is InChI=1S/C16H26N2O4.ClH/c1-17-8-5-6-16(19)18-9-7-13-14(21-3)10-12(20-2)11-15(13)22-4;/h10-11,17H,5-9H2,1-4H3,(H,18,19);1H. The number of ether oxygens (including phenoxy) is 3. The highest BCUT2D eigenvalue weighted by Gasteiger charge is 2.13. The van der Waals surface area contributed by atoms with Gasteiger partial charge in [-0.25, -0.2) is 0 Å². The monoisotopic (exact) mass is 346 g/mol. The van der Waals surface area contributed by atoms with Gasteiger partial charge in [-0.15, -0.1) is 12.4 Å². The molecule has 1 aromatic rings. The lowest BCUT2D eigenvalue weighted by Gasteiger charge is -2.15. The molecule has 0 heterocycles. The smallest absolute Gasteiger partial charge is 0.220 e. The summed E-state index contributed by atoms with van der Waals surface area (Å²) >= 11 is 0. The molecular formula is C16H27ClN2O4. The van der Waals surface area contributed by atoms with Crippen molar-refractivity contribution >= 4 is 18.3 Å². The van der Waals surface area contributed by atoms with E-state index in [-0.39, 0.29) is 18.3 Å². The summed E-state index contributed by atoms with van der Waals surface area (Å²) in [5, 5.41) is 5.93. The van der Waals surface area contributed by atoms with E-state index < -0.39 is 0 Å². The molecule has 0 saturated heterocycles. The van der Waals surface area contributed by atoms with Crippen molar-refractivity contribution < 1.29 is 19.0 Å². The summed E-state index contributed by atoms with van der Waals surface area (Å²) in [5.74, 6) is 2.12. The fourth-order valence-corrected chi connectivity index (χ4v) is 2.17. The van der Waals surface area contributed by atoms with Crippen LogP contribution in [0.15, 0.2) is 12.1 Å². The number of amides is 1. The predicted molar refractivity (Wildman–Crippen MR) is 93.2 cm³/mol. The highest BCUT2D eigenvalue weighted by molar-refractivity contribution is 5.85. The van der Waals surface area contributed by atoms with Gasteiger partial charge in [-0.2, -0.15) is 0 Å². The quantitative estimate of drug-likeness (QED) is 0.632. The van der Waals surface area contributed by atoms with Crippen molar-refractivity contribution in [1.82, 2.24) is 10.6 Å². The van der Waals surface area contributed by atoms with E-state index in [2.05, 4.69) is 10.6 Å². The molecule has 0 aliphatic rings. The minimum absolute atomic E-state index is 0. The normalized spacial score (nSPS) is 9.74. The first-order valence-electron chi connectivity index (χ1n) is 7.36. The van der Waals surface area contributed by atoms with Crippen LogP contribution in [-0.2, 0) is 11.2 Å². The lowest BCUT2D eigenvalue weighted by molar-refractivity contribution is -0.121. The van der Waals surface area contributed by atoms with Crippen molar-refractivity contribution in [3.05, 3.63) is 17.7 Å². The van der Waals surface area contributed by atoms with Crippen LogP contribution in [0.3, 0.4) is 0 Å². The van der Waals surface area contributed by atoms with Crippen LogP contribution < -0.4 is 24.8 Å². The van der Waals surface area contributed by atoms with E-state index in [1.54, 1.807) is 21.3 Å². The second-order valence-electron chi connectivity index (χ2n) is 4.82.